The molecule has 2 heterocycles. The van der Waals surface area contributed by atoms with Crippen LogP contribution in [0.4, 0.5) is 5.13 Å². The molecule has 7 heteroatoms. The van der Waals surface area contributed by atoms with Crippen LogP contribution in [0.25, 0.3) is 0 Å². The van der Waals surface area contributed by atoms with Crippen molar-refractivity contribution in [3.05, 3.63) is 40.9 Å². The van der Waals surface area contributed by atoms with Crippen LogP contribution in [0.1, 0.15) is 11.3 Å². The predicted molar refractivity (Wildman–Crippen MR) is 93.5 cm³/mol. The van der Waals surface area contributed by atoms with Gasteiger partial charge in [-0.1, -0.05) is 12.1 Å². The quantitative estimate of drug-likeness (QED) is 0.869. The second-order valence-corrected chi connectivity index (χ2v) is 6.54. The lowest BCUT2D eigenvalue weighted by atomic mass is 10.2. The number of carbonyl (C=O) groups excluding carboxylic acids is 1. The van der Waals surface area contributed by atoms with E-state index in [0.717, 1.165) is 44.1 Å². The van der Waals surface area contributed by atoms with E-state index in [1.165, 1.54) is 11.3 Å². The summed E-state index contributed by atoms with van der Waals surface area (Å²) in [5, 5.41) is 5.37. The molecule has 0 atom stereocenters. The number of amides is 1. The molecule has 3 rings (SSSR count). The number of anilines is 1. The number of thiazole rings is 1. The fourth-order valence-electron chi connectivity index (χ4n) is 2.43. The molecule has 1 aliphatic rings. The summed E-state index contributed by atoms with van der Waals surface area (Å²) in [5.41, 5.74) is 2.07. The number of rotatable bonds is 6. The van der Waals surface area contributed by atoms with Crippen molar-refractivity contribution >= 4 is 22.4 Å². The van der Waals surface area contributed by atoms with Gasteiger partial charge in [-0.3, -0.25) is 15.0 Å². The van der Waals surface area contributed by atoms with Crippen molar-refractivity contribution in [3.8, 4) is 5.75 Å². The summed E-state index contributed by atoms with van der Waals surface area (Å²) in [7, 11) is 0. The van der Waals surface area contributed by atoms with E-state index in [-0.39, 0.29) is 12.5 Å². The summed E-state index contributed by atoms with van der Waals surface area (Å²) >= 11 is 1.43. The Labute approximate surface area is 145 Å². The molecule has 6 nitrogen and oxygen atoms in total. The van der Waals surface area contributed by atoms with Gasteiger partial charge in [0.2, 0.25) is 0 Å². The molecule has 1 N–H and O–H groups in total. The number of nitrogens with one attached hydrogen (secondary N) is 1. The number of morpholine rings is 1. The maximum Gasteiger partial charge on any atom is 0.264 e. The molecule has 0 saturated carbocycles. The normalized spacial score (nSPS) is 15.2. The summed E-state index contributed by atoms with van der Waals surface area (Å²) in [6.07, 6.45) is 0. The Kier molecular flexibility index (Phi) is 5.79. The third kappa shape index (κ3) is 5.02. The topological polar surface area (TPSA) is 63.7 Å². The zero-order valence-electron chi connectivity index (χ0n) is 13.7. The van der Waals surface area contributed by atoms with Gasteiger partial charge in [0.15, 0.2) is 11.7 Å². The van der Waals surface area contributed by atoms with Crippen molar-refractivity contribution in [2.45, 2.75) is 13.5 Å². The van der Waals surface area contributed by atoms with Crippen LogP contribution in [0, 0.1) is 6.92 Å². The second-order valence-electron chi connectivity index (χ2n) is 5.69. The van der Waals surface area contributed by atoms with Gasteiger partial charge >= 0.3 is 0 Å². The Morgan fingerprint density at radius 2 is 2.25 bits per heavy atom. The first kappa shape index (κ1) is 16.9. The van der Waals surface area contributed by atoms with Crippen LogP contribution in [-0.2, 0) is 16.1 Å². The second kappa shape index (κ2) is 8.23. The summed E-state index contributed by atoms with van der Waals surface area (Å²) in [6, 6.07) is 7.63. The molecule has 0 aliphatic carbocycles. The van der Waals surface area contributed by atoms with Crippen molar-refractivity contribution in [3.63, 3.8) is 0 Å². The lowest BCUT2D eigenvalue weighted by molar-refractivity contribution is -0.118. The van der Waals surface area contributed by atoms with Gasteiger partial charge in [0, 0.05) is 25.0 Å². The third-order valence-electron chi connectivity index (χ3n) is 3.65. The smallest absolute Gasteiger partial charge is 0.264 e. The molecule has 1 aromatic heterocycles. The van der Waals surface area contributed by atoms with Gasteiger partial charge in [0.25, 0.3) is 5.91 Å². The molecule has 0 spiro atoms. The van der Waals surface area contributed by atoms with Gasteiger partial charge in [-0.15, -0.1) is 11.3 Å². The van der Waals surface area contributed by atoms with E-state index < -0.39 is 0 Å². The van der Waals surface area contributed by atoms with Gasteiger partial charge in [-0.25, -0.2) is 4.98 Å². The molecule has 2 aromatic rings. The number of carbonyl (C=O) groups is 1. The molecule has 128 valence electrons. The average molecular weight is 347 g/mol. The van der Waals surface area contributed by atoms with Crippen molar-refractivity contribution in [1.82, 2.24) is 9.88 Å². The van der Waals surface area contributed by atoms with Crippen molar-refractivity contribution in [1.29, 1.82) is 0 Å². The molecule has 0 unspecified atom stereocenters. The predicted octanol–water partition coefficient (Wildman–Crippen LogP) is 2.30. The van der Waals surface area contributed by atoms with Crippen molar-refractivity contribution in [2.24, 2.45) is 0 Å². The highest BCUT2D eigenvalue weighted by atomic mass is 32.1. The molecule has 1 fully saturated rings. The highest BCUT2D eigenvalue weighted by Crippen LogP contribution is 2.17. The lowest BCUT2D eigenvalue weighted by Gasteiger charge is -2.25. The van der Waals surface area contributed by atoms with Crippen LogP contribution in [0.15, 0.2) is 29.6 Å². The van der Waals surface area contributed by atoms with Gasteiger partial charge in [0.05, 0.1) is 18.9 Å². The van der Waals surface area contributed by atoms with E-state index in [1.807, 2.05) is 36.6 Å². The van der Waals surface area contributed by atoms with E-state index >= 15 is 0 Å². The monoisotopic (exact) mass is 347 g/mol. The summed E-state index contributed by atoms with van der Waals surface area (Å²) < 4.78 is 10.8. The van der Waals surface area contributed by atoms with Crippen LogP contribution in [0.3, 0.4) is 0 Å². The number of aryl methyl sites for hydroxylation is 1. The first-order valence-corrected chi connectivity index (χ1v) is 8.81. The van der Waals surface area contributed by atoms with E-state index in [4.69, 9.17) is 9.47 Å². The Morgan fingerprint density at radius 1 is 1.42 bits per heavy atom. The zero-order chi connectivity index (χ0) is 16.8. The van der Waals surface area contributed by atoms with E-state index in [0.29, 0.717) is 10.9 Å². The van der Waals surface area contributed by atoms with Gasteiger partial charge in [-0.05, 0) is 24.6 Å². The van der Waals surface area contributed by atoms with E-state index in [9.17, 15) is 4.79 Å². The molecule has 1 aliphatic heterocycles. The first-order valence-electron chi connectivity index (χ1n) is 7.93. The molecule has 24 heavy (non-hydrogen) atoms. The SMILES string of the molecule is Cc1cccc(OCC(=O)Nc2nc(CN3CCOCC3)cs2)c1. The fraction of sp³-hybridized carbons (Fsp3) is 0.412. The number of hydrogen-bond donors (Lipinski definition) is 1. The third-order valence-corrected chi connectivity index (χ3v) is 4.45. The largest absolute Gasteiger partial charge is 0.484 e. The minimum Gasteiger partial charge on any atom is -0.484 e. The number of ether oxygens (including phenoxy) is 2. The van der Waals surface area contributed by atoms with Gasteiger partial charge < -0.3 is 9.47 Å². The maximum atomic E-state index is 12.0. The zero-order valence-corrected chi connectivity index (χ0v) is 14.5. The minimum atomic E-state index is -0.205. The van der Waals surface area contributed by atoms with Crippen LogP contribution in [0.5, 0.6) is 5.75 Å². The standard InChI is InChI=1S/C17H21N3O3S/c1-13-3-2-4-15(9-13)23-11-16(21)19-17-18-14(12-24-17)10-20-5-7-22-8-6-20/h2-4,9,12H,5-8,10-11H2,1H3,(H,18,19,21). The molecular formula is C17H21N3O3S. The van der Waals surface area contributed by atoms with E-state index in [2.05, 4.69) is 15.2 Å². The molecule has 0 bridgehead atoms. The van der Waals surface area contributed by atoms with Crippen LogP contribution < -0.4 is 10.1 Å². The Balaban J connectivity index is 1.46. The summed E-state index contributed by atoms with van der Waals surface area (Å²) in [5.74, 6) is 0.487. The number of hydrogen-bond acceptors (Lipinski definition) is 6. The Bertz CT molecular complexity index is 683. The van der Waals surface area contributed by atoms with Crippen LogP contribution in [0.2, 0.25) is 0 Å². The first-order chi connectivity index (χ1) is 11.7. The van der Waals surface area contributed by atoms with Gasteiger partial charge in [0.1, 0.15) is 5.75 Å². The van der Waals surface area contributed by atoms with Crippen molar-refractivity contribution < 1.29 is 14.3 Å². The molecule has 1 saturated heterocycles. The molecular weight excluding hydrogens is 326 g/mol. The molecule has 1 aromatic carbocycles. The number of benzene rings is 1. The Morgan fingerprint density at radius 3 is 3.04 bits per heavy atom. The lowest BCUT2D eigenvalue weighted by Crippen LogP contribution is -2.35. The van der Waals surface area contributed by atoms with Crippen molar-refractivity contribution in [2.75, 3.05) is 38.2 Å². The maximum absolute atomic E-state index is 12.0. The molecule has 0 radical (unpaired) electrons. The average Bonchev–Trinajstić information content (AvgIpc) is 3.01. The Hall–Kier alpha value is -1.96. The summed E-state index contributed by atoms with van der Waals surface area (Å²) in [6.45, 7) is 6.12. The number of aromatic nitrogens is 1. The highest BCUT2D eigenvalue weighted by molar-refractivity contribution is 7.13. The van der Waals surface area contributed by atoms with Crippen LogP contribution in [-0.4, -0.2) is 48.7 Å². The fourth-order valence-corrected chi connectivity index (χ4v) is 3.15. The summed E-state index contributed by atoms with van der Waals surface area (Å²) in [4.78, 5) is 18.7. The van der Waals surface area contributed by atoms with Crippen LogP contribution >= 0.6 is 11.3 Å². The van der Waals surface area contributed by atoms with E-state index in [1.54, 1.807) is 0 Å². The number of nitrogens with zero attached hydrogens (tertiary/aromatic N) is 2. The highest BCUT2D eigenvalue weighted by Gasteiger charge is 2.13. The van der Waals surface area contributed by atoms with Gasteiger partial charge in [-0.2, -0.15) is 0 Å². The molecule has 1 amide bonds. The minimum absolute atomic E-state index is 0.0260.